The van der Waals surface area contributed by atoms with Crippen molar-refractivity contribution in [1.82, 2.24) is 0 Å². The predicted octanol–water partition coefficient (Wildman–Crippen LogP) is 0.914. The lowest BCUT2D eigenvalue weighted by molar-refractivity contribution is 0.129. The fourth-order valence-corrected chi connectivity index (χ4v) is 4.97. The van der Waals surface area contributed by atoms with Gasteiger partial charge in [0.1, 0.15) is 4.16 Å². The Hall–Kier alpha value is 0.870. The summed E-state index contributed by atoms with van der Waals surface area (Å²) >= 11 is 6.35. The lowest BCUT2D eigenvalue weighted by atomic mass is 10.3. The van der Waals surface area contributed by atoms with E-state index < -0.39 is 14.0 Å². The van der Waals surface area contributed by atoms with Gasteiger partial charge < -0.3 is 4.74 Å². The highest BCUT2D eigenvalue weighted by molar-refractivity contribution is 9.13. The van der Waals surface area contributed by atoms with Gasteiger partial charge in [0.15, 0.2) is 9.84 Å². The molecule has 0 aromatic heterocycles. The second-order valence-corrected chi connectivity index (χ2v) is 7.22. The van der Waals surface area contributed by atoms with E-state index in [0.717, 1.165) is 0 Å². The van der Waals surface area contributed by atoms with Crippen LogP contribution in [0.25, 0.3) is 0 Å². The van der Waals surface area contributed by atoms with Gasteiger partial charge in [0, 0.05) is 7.11 Å². The molecule has 0 saturated carbocycles. The second-order valence-electron chi connectivity index (χ2n) is 2.40. The molecule has 0 aliphatic carbocycles. The maximum Gasteiger partial charge on any atom is 0.166 e. The van der Waals surface area contributed by atoms with E-state index in [1.165, 1.54) is 7.11 Å². The highest BCUT2D eigenvalue weighted by Gasteiger charge is 2.44. The Morgan fingerprint density at radius 2 is 2.00 bits per heavy atom. The molecular weight excluding hydrogens is 300 g/mol. The smallest absolute Gasteiger partial charge is 0.166 e. The van der Waals surface area contributed by atoms with Gasteiger partial charge in [0.25, 0.3) is 0 Å². The summed E-state index contributed by atoms with van der Waals surface area (Å²) in [6, 6.07) is 0. The number of methoxy groups -OCH3 is 1. The van der Waals surface area contributed by atoms with Crippen LogP contribution >= 0.6 is 31.9 Å². The Bertz CT molecular complexity index is 238. The quantitative estimate of drug-likeness (QED) is 0.677. The molecule has 1 aliphatic heterocycles. The van der Waals surface area contributed by atoms with E-state index in [1.807, 2.05) is 0 Å². The van der Waals surface area contributed by atoms with Gasteiger partial charge >= 0.3 is 0 Å². The highest BCUT2D eigenvalue weighted by atomic mass is 79.9. The van der Waals surface area contributed by atoms with Gasteiger partial charge in [-0.1, -0.05) is 31.9 Å². The molecule has 0 aromatic carbocycles. The zero-order valence-corrected chi connectivity index (χ0v) is 9.82. The van der Waals surface area contributed by atoms with Gasteiger partial charge in [-0.25, -0.2) is 8.42 Å². The zero-order valence-electron chi connectivity index (χ0n) is 5.83. The summed E-state index contributed by atoms with van der Waals surface area (Å²) in [5.74, 6) is 0.0926. The average molecular weight is 308 g/mol. The summed E-state index contributed by atoms with van der Waals surface area (Å²) in [6.07, 6.45) is -0.232. The third kappa shape index (κ3) is 1.79. The summed E-state index contributed by atoms with van der Waals surface area (Å²) in [6.45, 7) is 0. The van der Waals surface area contributed by atoms with E-state index in [0.29, 0.717) is 0 Å². The van der Waals surface area contributed by atoms with Gasteiger partial charge in [0.2, 0.25) is 0 Å². The van der Waals surface area contributed by atoms with Crippen LogP contribution < -0.4 is 0 Å². The molecule has 0 aromatic rings. The summed E-state index contributed by atoms with van der Waals surface area (Å²) in [5.41, 5.74) is 0. The van der Waals surface area contributed by atoms with Crippen molar-refractivity contribution in [2.24, 2.45) is 0 Å². The van der Waals surface area contributed by atoms with Crippen LogP contribution in [-0.4, -0.2) is 36.4 Å². The van der Waals surface area contributed by atoms with Crippen molar-refractivity contribution >= 4 is 41.7 Å². The highest BCUT2D eigenvalue weighted by Crippen LogP contribution is 2.32. The van der Waals surface area contributed by atoms with Gasteiger partial charge in [0.05, 0.1) is 16.7 Å². The molecule has 1 fully saturated rings. The first-order valence-electron chi connectivity index (χ1n) is 3.01. The van der Waals surface area contributed by atoms with E-state index in [2.05, 4.69) is 31.9 Å². The molecule has 0 N–H and O–H groups in total. The molecular formula is C5H8Br2O3S. The Kier molecular flexibility index (Phi) is 3.00. The first-order valence-corrected chi connectivity index (χ1v) is 6.56. The van der Waals surface area contributed by atoms with Gasteiger partial charge in [-0.15, -0.1) is 0 Å². The van der Waals surface area contributed by atoms with Gasteiger partial charge in [-0.2, -0.15) is 0 Å². The number of alkyl halides is 2. The van der Waals surface area contributed by atoms with Crippen LogP contribution in [0.3, 0.4) is 0 Å². The molecule has 3 atom stereocenters. The van der Waals surface area contributed by atoms with E-state index in [-0.39, 0.29) is 16.7 Å². The van der Waals surface area contributed by atoms with Crippen LogP contribution in [0.2, 0.25) is 0 Å². The zero-order chi connectivity index (χ0) is 8.65. The first-order chi connectivity index (χ1) is 4.99. The molecule has 3 nitrogen and oxygen atoms in total. The molecule has 0 amide bonds. The number of hydrogen-bond acceptors (Lipinski definition) is 3. The maximum absolute atomic E-state index is 11.2. The van der Waals surface area contributed by atoms with E-state index >= 15 is 0 Å². The number of sulfone groups is 1. The Morgan fingerprint density at radius 3 is 2.18 bits per heavy atom. The van der Waals surface area contributed by atoms with Crippen LogP contribution in [0, 0.1) is 0 Å². The number of rotatable bonds is 1. The van der Waals surface area contributed by atoms with Crippen molar-refractivity contribution in [2.75, 3.05) is 12.9 Å². The van der Waals surface area contributed by atoms with Crippen LogP contribution in [-0.2, 0) is 14.6 Å². The first kappa shape index (κ1) is 9.95. The summed E-state index contributed by atoms with van der Waals surface area (Å²) in [5, 5.41) is 0. The fourth-order valence-electron chi connectivity index (χ4n) is 0.978. The molecule has 1 aliphatic rings. The molecule has 66 valence electrons. The SMILES string of the molecule is CO[C@H]1CS(=O)(=O)[C@H](Br)[C@@H]1Br. The van der Waals surface area contributed by atoms with E-state index in [1.54, 1.807) is 0 Å². The van der Waals surface area contributed by atoms with Crippen molar-refractivity contribution in [1.29, 1.82) is 0 Å². The van der Waals surface area contributed by atoms with Crippen LogP contribution in [0.15, 0.2) is 0 Å². The van der Waals surface area contributed by atoms with Crippen LogP contribution in [0.4, 0.5) is 0 Å². The molecule has 6 heteroatoms. The van der Waals surface area contributed by atoms with Crippen molar-refractivity contribution < 1.29 is 13.2 Å². The van der Waals surface area contributed by atoms with Crippen molar-refractivity contribution in [3.63, 3.8) is 0 Å². The normalized spacial score (nSPS) is 42.6. The fraction of sp³-hybridized carbons (Fsp3) is 1.00. The predicted molar refractivity (Wildman–Crippen MR) is 50.0 cm³/mol. The molecule has 1 saturated heterocycles. The molecule has 0 unspecified atom stereocenters. The van der Waals surface area contributed by atoms with Crippen molar-refractivity contribution in [3.8, 4) is 0 Å². The molecule has 11 heavy (non-hydrogen) atoms. The minimum Gasteiger partial charge on any atom is -0.379 e. The second kappa shape index (κ2) is 3.32. The Morgan fingerprint density at radius 1 is 1.45 bits per heavy atom. The molecule has 0 bridgehead atoms. The number of halogens is 2. The topological polar surface area (TPSA) is 43.4 Å². The van der Waals surface area contributed by atoms with E-state index in [4.69, 9.17) is 4.74 Å². The number of ether oxygens (including phenoxy) is 1. The largest absolute Gasteiger partial charge is 0.379 e. The van der Waals surface area contributed by atoms with Crippen LogP contribution in [0.1, 0.15) is 0 Å². The third-order valence-corrected chi connectivity index (χ3v) is 7.88. The minimum absolute atomic E-state index is 0.0926. The third-order valence-electron chi connectivity index (χ3n) is 1.65. The Labute approximate surface area is 82.7 Å². The molecule has 0 radical (unpaired) electrons. The average Bonchev–Trinajstić information content (AvgIpc) is 2.13. The summed E-state index contributed by atoms with van der Waals surface area (Å²) in [7, 11) is -1.48. The maximum atomic E-state index is 11.2. The minimum atomic E-state index is -2.99. The lowest BCUT2D eigenvalue weighted by Gasteiger charge is -2.10. The molecule has 1 heterocycles. The van der Waals surface area contributed by atoms with Crippen LogP contribution in [0.5, 0.6) is 0 Å². The Balaban J connectivity index is 2.86. The number of hydrogen-bond donors (Lipinski definition) is 0. The van der Waals surface area contributed by atoms with E-state index in [9.17, 15) is 8.42 Å². The summed E-state index contributed by atoms with van der Waals surface area (Å²) < 4.78 is 26.8. The van der Waals surface area contributed by atoms with Gasteiger partial charge in [-0.3, -0.25) is 0 Å². The van der Waals surface area contributed by atoms with Crippen molar-refractivity contribution in [3.05, 3.63) is 0 Å². The monoisotopic (exact) mass is 306 g/mol. The summed E-state index contributed by atoms with van der Waals surface area (Å²) in [4.78, 5) is -0.141. The molecule has 1 rings (SSSR count). The van der Waals surface area contributed by atoms with Crippen molar-refractivity contribution in [2.45, 2.75) is 15.1 Å². The standard InChI is InChI=1S/C5H8Br2O3S/c1-10-3-2-11(8,9)5(7)4(3)6/h3-5H,2H2,1H3/t3-,4+,5-/m0/s1. The molecule has 0 spiro atoms. The van der Waals surface area contributed by atoms with Gasteiger partial charge in [-0.05, 0) is 0 Å². The lowest BCUT2D eigenvalue weighted by Crippen LogP contribution is -2.22.